The molecule has 0 spiro atoms. The number of rotatable bonds is 4. The van der Waals surface area contributed by atoms with Gasteiger partial charge in [-0.2, -0.15) is 13.2 Å². The van der Waals surface area contributed by atoms with Gasteiger partial charge >= 0.3 is 12.1 Å². The van der Waals surface area contributed by atoms with Crippen LogP contribution in [-0.2, 0) is 11.2 Å². The van der Waals surface area contributed by atoms with E-state index in [1.165, 1.54) is 6.92 Å². The largest absolute Gasteiger partial charge is 0.507 e. The summed E-state index contributed by atoms with van der Waals surface area (Å²) in [6.45, 7) is 8.92. The van der Waals surface area contributed by atoms with E-state index in [0.717, 1.165) is 10.5 Å². The van der Waals surface area contributed by atoms with Crippen molar-refractivity contribution >= 4 is 5.91 Å². The Labute approximate surface area is 129 Å². The van der Waals surface area contributed by atoms with Gasteiger partial charge < -0.3 is 10.0 Å². The summed E-state index contributed by atoms with van der Waals surface area (Å²) in [6, 6.07) is 3.47. The van der Waals surface area contributed by atoms with Crippen molar-refractivity contribution in [3.8, 4) is 5.75 Å². The van der Waals surface area contributed by atoms with Gasteiger partial charge in [0.25, 0.3) is 0 Å². The number of halogens is 3. The van der Waals surface area contributed by atoms with Crippen LogP contribution in [0.15, 0.2) is 12.1 Å². The van der Waals surface area contributed by atoms with Crippen molar-refractivity contribution in [1.82, 2.24) is 4.90 Å². The van der Waals surface area contributed by atoms with Crippen molar-refractivity contribution in [3.63, 3.8) is 0 Å². The maximum absolute atomic E-state index is 12.4. The third-order valence-electron chi connectivity index (χ3n) is 3.31. The van der Waals surface area contributed by atoms with Crippen molar-refractivity contribution in [1.29, 1.82) is 0 Å². The van der Waals surface area contributed by atoms with E-state index in [1.807, 2.05) is 13.8 Å². The van der Waals surface area contributed by atoms with Gasteiger partial charge in [0.05, 0.1) is 0 Å². The molecule has 0 fully saturated rings. The molecule has 0 aromatic heterocycles. The maximum atomic E-state index is 12.4. The normalized spacial score (nSPS) is 10.7. The van der Waals surface area contributed by atoms with Crippen molar-refractivity contribution in [2.24, 2.45) is 0 Å². The summed E-state index contributed by atoms with van der Waals surface area (Å²) in [5.41, 5.74) is 2.09. The molecular formula is C16H24F3NO2. The van der Waals surface area contributed by atoms with E-state index in [1.54, 1.807) is 26.0 Å². The number of nitrogens with zero attached hydrogens (tertiary/aromatic N) is 1. The highest BCUT2D eigenvalue weighted by molar-refractivity contribution is 5.81. The fraction of sp³-hybridized carbons (Fsp3) is 0.562. The Morgan fingerprint density at radius 2 is 1.77 bits per heavy atom. The highest BCUT2D eigenvalue weighted by Gasteiger charge is 2.41. The minimum absolute atomic E-state index is 0.00473. The second-order valence-corrected chi connectivity index (χ2v) is 4.65. The van der Waals surface area contributed by atoms with Gasteiger partial charge in [0.1, 0.15) is 5.75 Å². The van der Waals surface area contributed by atoms with E-state index in [-0.39, 0.29) is 25.3 Å². The van der Waals surface area contributed by atoms with Gasteiger partial charge in [-0.05, 0) is 43.9 Å². The van der Waals surface area contributed by atoms with Crippen molar-refractivity contribution < 1.29 is 23.1 Å². The van der Waals surface area contributed by atoms with Crippen LogP contribution in [0.3, 0.4) is 0 Å². The van der Waals surface area contributed by atoms with Crippen LogP contribution in [0.5, 0.6) is 5.75 Å². The summed E-state index contributed by atoms with van der Waals surface area (Å²) in [4.78, 5) is 11.9. The van der Waals surface area contributed by atoms with E-state index in [9.17, 15) is 23.1 Å². The number of hydrogen-bond donors (Lipinski definition) is 1. The lowest BCUT2D eigenvalue weighted by Crippen LogP contribution is -2.42. The molecule has 0 heterocycles. The lowest BCUT2D eigenvalue weighted by molar-refractivity contribution is -0.185. The summed E-state index contributed by atoms with van der Waals surface area (Å²) in [5.74, 6) is -1.68. The zero-order valence-corrected chi connectivity index (χ0v) is 13.7. The van der Waals surface area contributed by atoms with Crippen LogP contribution in [0.2, 0.25) is 0 Å². The second-order valence-electron chi connectivity index (χ2n) is 4.65. The van der Waals surface area contributed by atoms with Crippen LogP contribution in [0.1, 0.15) is 37.5 Å². The van der Waals surface area contributed by atoms with Gasteiger partial charge in [-0.15, -0.1) is 0 Å². The third kappa shape index (κ3) is 5.24. The Bertz CT molecular complexity index is 499. The molecule has 0 saturated heterocycles. The third-order valence-corrected chi connectivity index (χ3v) is 3.31. The first-order valence-electron chi connectivity index (χ1n) is 7.32. The predicted molar refractivity (Wildman–Crippen MR) is 80.9 cm³/mol. The molecule has 22 heavy (non-hydrogen) atoms. The van der Waals surface area contributed by atoms with Crippen LogP contribution in [0.4, 0.5) is 13.2 Å². The number of aromatic hydroxyl groups is 1. The van der Waals surface area contributed by atoms with E-state index in [4.69, 9.17) is 0 Å². The molecule has 0 unspecified atom stereocenters. The van der Waals surface area contributed by atoms with Crippen molar-refractivity contribution in [2.45, 2.75) is 47.2 Å². The zero-order chi connectivity index (χ0) is 17.5. The Morgan fingerprint density at radius 1 is 1.23 bits per heavy atom. The van der Waals surface area contributed by atoms with E-state index < -0.39 is 12.1 Å². The minimum atomic E-state index is -4.85. The molecule has 1 aromatic carbocycles. The van der Waals surface area contributed by atoms with Crippen LogP contribution < -0.4 is 0 Å². The fourth-order valence-corrected chi connectivity index (χ4v) is 1.99. The van der Waals surface area contributed by atoms with Crippen LogP contribution in [0, 0.1) is 13.8 Å². The molecule has 126 valence electrons. The number of alkyl halides is 3. The average molecular weight is 319 g/mol. The molecule has 0 radical (unpaired) electrons. The Balaban J connectivity index is 0.00000211. The monoisotopic (exact) mass is 319 g/mol. The fourth-order valence-electron chi connectivity index (χ4n) is 1.99. The molecule has 6 heteroatoms. The van der Waals surface area contributed by atoms with Crippen LogP contribution >= 0.6 is 0 Å². The number of amides is 1. The summed E-state index contributed by atoms with van der Waals surface area (Å²) >= 11 is 0. The van der Waals surface area contributed by atoms with Crippen LogP contribution in [-0.4, -0.2) is 35.2 Å². The summed E-state index contributed by atoms with van der Waals surface area (Å²) in [5, 5.41) is 9.79. The SMILES string of the molecule is CC.CCN(CCc1ccc(C)c(O)c1C)C(=O)C(F)(F)F. The molecule has 0 saturated carbocycles. The molecule has 1 N–H and O–H groups in total. The number of carbonyl (C=O) groups is 1. The topological polar surface area (TPSA) is 40.5 Å². The highest BCUT2D eigenvalue weighted by atomic mass is 19.4. The van der Waals surface area contributed by atoms with E-state index in [2.05, 4.69) is 0 Å². The molecule has 0 atom stereocenters. The first-order chi connectivity index (χ1) is 10.2. The van der Waals surface area contributed by atoms with Gasteiger partial charge in [0.15, 0.2) is 0 Å². The molecule has 1 aromatic rings. The number of benzene rings is 1. The number of aryl methyl sites for hydroxylation is 1. The first kappa shape index (κ1) is 20.3. The summed E-state index contributed by atoms with van der Waals surface area (Å²) < 4.78 is 37.1. The number of phenolic OH excluding ortho intramolecular Hbond substituents is 1. The molecule has 1 rings (SSSR count). The second kappa shape index (κ2) is 8.66. The molecule has 0 aliphatic heterocycles. The smallest absolute Gasteiger partial charge is 0.471 e. The Hall–Kier alpha value is -1.72. The summed E-state index contributed by atoms with van der Waals surface area (Å²) in [7, 11) is 0. The minimum Gasteiger partial charge on any atom is -0.507 e. The van der Waals surface area contributed by atoms with Gasteiger partial charge in [0, 0.05) is 13.1 Å². The number of carbonyl (C=O) groups excluding carboxylic acids is 1. The first-order valence-corrected chi connectivity index (χ1v) is 7.32. The summed E-state index contributed by atoms with van der Waals surface area (Å²) in [6.07, 6.45) is -4.57. The van der Waals surface area contributed by atoms with Gasteiger partial charge in [-0.25, -0.2) is 0 Å². The molecular weight excluding hydrogens is 295 g/mol. The molecule has 0 aliphatic rings. The average Bonchev–Trinajstić information content (AvgIpc) is 2.48. The van der Waals surface area contributed by atoms with Gasteiger partial charge in [-0.1, -0.05) is 26.0 Å². The van der Waals surface area contributed by atoms with E-state index in [0.29, 0.717) is 11.1 Å². The predicted octanol–water partition coefficient (Wildman–Crippen LogP) is 3.99. The number of likely N-dealkylation sites (N-methyl/N-ethyl adjacent to an activating group) is 1. The lowest BCUT2D eigenvalue weighted by atomic mass is 10.0. The van der Waals surface area contributed by atoms with Gasteiger partial charge in [0.2, 0.25) is 0 Å². The van der Waals surface area contributed by atoms with Gasteiger partial charge in [-0.3, -0.25) is 4.79 Å². The molecule has 0 bridgehead atoms. The molecule has 3 nitrogen and oxygen atoms in total. The van der Waals surface area contributed by atoms with Crippen LogP contribution in [0.25, 0.3) is 0 Å². The quantitative estimate of drug-likeness (QED) is 0.911. The highest BCUT2D eigenvalue weighted by Crippen LogP contribution is 2.25. The maximum Gasteiger partial charge on any atom is 0.471 e. The Morgan fingerprint density at radius 3 is 2.23 bits per heavy atom. The van der Waals surface area contributed by atoms with E-state index >= 15 is 0 Å². The van der Waals surface area contributed by atoms with Crippen molar-refractivity contribution in [3.05, 3.63) is 28.8 Å². The lowest BCUT2D eigenvalue weighted by Gasteiger charge is -2.22. The molecule has 0 aliphatic carbocycles. The zero-order valence-electron chi connectivity index (χ0n) is 13.7. The number of hydrogen-bond acceptors (Lipinski definition) is 2. The molecule has 1 amide bonds. The van der Waals surface area contributed by atoms with Crippen molar-refractivity contribution in [2.75, 3.05) is 13.1 Å². The standard InChI is InChI=1S/C14H18F3NO2.C2H6/c1-4-18(13(20)14(15,16)17)8-7-11-6-5-9(2)12(19)10(11)3;1-2/h5-6,19H,4,7-8H2,1-3H3;1-2H3. The Kier molecular flexibility index (Phi) is 7.98. The number of phenols is 1.